The maximum atomic E-state index is 6.80. The van der Waals surface area contributed by atoms with Gasteiger partial charge < -0.3 is 10.5 Å². The zero-order chi connectivity index (χ0) is 14.9. The zero-order valence-electron chi connectivity index (χ0n) is 12.9. The van der Waals surface area contributed by atoms with Crippen LogP contribution in [-0.4, -0.2) is 12.2 Å². The van der Waals surface area contributed by atoms with Crippen LogP contribution in [0.2, 0.25) is 0 Å². The molecule has 0 amide bonds. The molecule has 21 heavy (non-hydrogen) atoms. The van der Waals surface area contributed by atoms with Crippen molar-refractivity contribution in [1.29, 1.82) is 0 Å². The summed E-state index contributed by atoms with van der Waals surface area (Å²) >= 11 is 3.57. The molecule has 0 aromatic heterocycles. The van der Waals surface area contributed by atoms with E-state index in [2.05, 4.69) is 47.1 Å². The third-order valence-corrected chi connectivity index (χ3v) is 6.05. The van der Waals surface area contributed by atoms with E-state index < -0.39 is 0 Å². The summed E-state index contributed by atoms with van der Waals surface area (Å²) in [5, 5.41) is 0. The van der Waals surface area contributed by atoms with Crippen molar-refractivity contribution in [2.75, 3.05) is 6.61 Å². The molecule has 3 heteroatoms. The molecule has 2 nitrogen and oxygen atoms in total. The van der Waals surface area contributed by atoms with E-state index in [1.54, 1.807) is 0 Å². The fourth-order valence-corrected chi connectivity index (χ4v) is 4.54. The summed E-state index contributed by atoms with van der Waals surface area (Å²) < 4.78 is 7.33. The Labute approximate surface area is 136 Å². The Morgan fingerprint density at radius 3 is 2.76 bits per heavy atom. The highest BCUT2D eigenvalue weighted by Gasteiger charge is 2.44. The van der Waals surface area contributed by atoms with Crippen molar-refractivity contribution in [3.05, 3.63) is 34.3 Å². The minimum absolute atomic E-state index is 0.119. The minimum Gasteiger partial charge on any atom is -0.375 e. The maximum Gasteiger partial charge on any atom is 0.0686 e. The van der Waals surface area contributed by atoms with E-state index in [1.165, 1.54) is 37.7 Å². The lowest BCUT2D eigenvalue weighted by Crippen LogP contribution is -2.50. The Morgan fingerprint density at radius 1 is 1.29 bits per heavy atom. The summed E-state index contributed by atoms with van der Waals surface area (Å²) in [6, 6.07) is 8.48. The number of rotatable bonds is 2. The highest BCUT2D eigenvalue weighted by Crippen LogP contribution is 2.45. The second kappa shape index (κ2) is 6.02. The van der Waals surface area contributed by atoms with Crippen LogP contribution in [0.3, 0.4) is 0 Å². The first-order valence-electron chi connectivity index (χ1n) is 8.21. The van der Waals surface area contributed by atoms with Gasteiger partial charge in [0.2, 0.25) is 0 Å². The third-order valence-electron chi connectivity index (χ3n) is 5.55. The van der Waals surface area contributed by atoms with Crippen molar-refractivity contribution in [1.82, 2.24) is 0 Å². The molecule has 1 aliphatic carbocycles. The predicted octanol–water partition coefficient (Wildman–Crippen LogP) is 4.75. The molecule has 1 saturated carbocycles. The number of ether oxygens (including phenoxy) is 1. The lowest BCUT2D eigenvalue weighted by molar-refractivity contribution is -0.127. The number of hydrogen-bond acceptors (Lipinski definition) is 2. The predicted molar refractivity (Wildman–Crippen MR) is 90.2 cm³/mol. The van der Waals surface area contributed by atoms with Crippen LogP contribution in [0, 0.1) is 5.92 Å². The van der Waals surface area contributed by atoms with Crippen LogP contribution >= 0.6 is 15.9 Å². The molecule has 1 spiro atoms. The SMILES string of the molecule is CC(N)(c1cccc(Br)c1)C1CCOC2(CCCCC2)C1. The quantitative estimate of drug-likeness (QED) is 0.833. The van der Waals surface area contributed by atoms with Gasteiger partial charge >= 0.3 is 0 Å². The van der Waals surface area contributed by atoms with E-state index in [4.69, 9.17) is 10.5 Å². The highest BCUT2D eigenvalue weighted by molar-refractivity contribution is 9.10. The second-order valence-electron chi connectivity index (χ2n) is 7.07. The van der Waals surface area contributed by atoms with Crippen LogP contribution in [0.1, 0.15) is 57.4 Å². The lowest BCUT2D eigenvalue weighted by atomic mass is 9.68. The van der Waals surface area contributed by atoms with Crippen molar-refractivity contribution >= 4 is 15.9 Å². The Morgan fingerprint density at radius 2 is 2.05 bits per heavy atom. The van der Waals surface area contributed by atoms with Crippen LogP contribution in [0.5, 0.6) is 0 Å². The van der Waals surface area contributed by atoms with Crippen LogP contribution in [0.4, 0.5) is 0 Å². The van der Waals surface area contributed by atoms with Gasteiger partial charge in [-0.25, -0.2) is 0 Å². The van der Waals surface area contributed by atoms with E-state index in [1.807, 2.05) is 0 Å². The van der Waals surface area contributed by atoms with Crippen molar-refractivity contribution in [3.63, 3.8) is 0 Å². The van der Waals surface area contributed by atoms with E-state index in [9.17, 15) is 0 Å². The zero-order valence-corrected chi connectivity index (χ0v) is 14.5. The van der Waals surface area contributed by atoms with Gasteiger partial charge in [-0.2, -0.15) is 0 Å². The van der Waals surface area contributed by atoms with Gasteiger partial charge in [0, 0.05) is 16.6 Å². The third kappa shape index (κ3) is 3.20. The van der Waals surface area contributed by atoms with E-state index in [0.717, 1.165) is 23.9 Å². The molecule has 1 aromatic carbocycles. The van der Waals surface area contributed by atoms with Gasteiger partial charge in [0.05, 0.1) is 5.60 Å². The van der Waals surface area contributed by atoms with Gasteiger partial charge in [0.25, 0.3) is 0 Å². The van der Waals surface area contributed by atoms with Gasteiger partial charge in [-0.3, -0.25) is 0 Å². The van der Waals surface area contributed by atoms with E-state index >= 15 is 0 Å². The molecule has 2 atom stereocenters. The fourth-order valence-electron chi connectivity index (χ4n) is 4.14. The first-order chi connectivity index (χ1) is 10.0. The molecule has 1 aromatic rings. The summed E-state index contributed by atoms with van der Waals surface area (Å²) in [6.45, 7) is 3.06. The van der Waals surface area contributed by atoms with Crippen LogP contribution in [0.25, 0.3) is 0 Å². The molecule has 2 N–H and O–H groups in total. The average Bonchev–Trinajstić information content (AvgIpc) is 2.48. The topological polar surface area (TPSA) is 35.2 Å². The maximum absolute atomic E-state index is 6.80. The second-order valence-corrected chi connectivity index (χ2v) is 7.99. The molecule has 1 saturated heterocycles. The summed E-state index contributed by atoms with van der Waals surface area (Å²) in [7, 11) is 0. The summed E-state index contributed by atoms with van der Waals surface area (Å²) in [6.07, 6.45) is 8.61. The smallest absolute Gasteiger partial charge is 0.0686 e. The largest absolute Gasteiger partial charge is 0.375 e. The lowest BCUT2D eigenvalue weighted by Gasteiger charge is -2.48. The number of halogens is 1. The normalized spacial score (nSPS) is 28.2. The average molecular weight is 352 g/mol. The molecule has 1 aliphatic heterocycles. The van der Waals surface area contributed by atoms with Crippen LogP contribution in [-0.2, 0) is 10.3 Å². The number of benzene rings is 1. The molecule has 3 rings (SSSR count). The Bertz CT molecular complexity index is 488. The van der Waals surface area contributed by atoms with Crippen LogP contribution in [0.15, 0.2) is 28.7 Å². The van der Waals surface area contributed by atoms with Gasteiger partial charge in [-0.1, -0.05) is 47.3 Å². The van der Waals surface area contributed by atoms with E-state index in [-0.39, 0.29) is 11.1 Å². The summed E-state index contributed by atoms with van der Waals surface area (Å²) in [4.78, 5) is 0. The van der Waals surface area contributed by atoms with Gasteiger partial charge in [0.1, 0.15) is 0 Å². The molecule has 2 fully saturated rings. The van der Waals surface area contributed by atoms with Gasteiger partial charge in [0.15, 0.2) is 0 Å². The fraction of sp³-hybridized carbons (Fsp3) is 0.667. The monoisotopic (exact) mass is 351 g/mol. The van der Waals surface area contributed by atoms with Crippen molar-refractivity contribution < 1.29 is 4.74 Å². The summed E-state index contributed by atoms with van der Waals surface area (Å²) in [5.74, 6) is 0.499. The first kappa shape index (κ1) is 15.5. The van der Waals surface area contributed by atoms with Crippen molar-refractivity contribution in [2.45, 2.75) is 63.0 Å². The standard InChI is InChI=1S/C18H26BrNO/c1-17(20,14-6-5-7-16(19)12-14)15-8-11-21-18(13-15)9-3-2-4-10-18/h5-7,12,15H,2-4,8-11,13,20H2,1H3. The molecule has 2 aliphatic rings. The molecule has 0 bridgehead atoms. The molecular formula is C18H26BrNO. The Balaban J connectivity index is 1.81. The van der Waals surface area contributed by atoms with Gasteiger partial charge in [-0.05, 0) is 56.2 Å². The molecule has 0 radical (unpaired) electrons. The van der Waals surface area contributed by atoms with Crippen LogP contribution < -0.4 is 5.73 Å². The van der Waals surface area contributed by atoms with E-state index in [0.29, 0.717) is 5.92 Å². The van der Waals surface area contributed by atoms with Gasteiger partial charge in [-0.15, -0.1) is 0 Å². The van der Waals surface area contributed by atoms with Crippen molar-refractivity contribution in [3.8, 4) is 0 Å². The van der Waals surface area contributed by atoms with Crippen molar-refractivity contribution in [2.24, 2.45) is 11.7 Å². The molecule has 2 unspecified atom stereocenters. The molecule has 116 valence electrons. The highest BCUT2D eigenvalue weighted by atomic mass is 79.9. The number of hydrogen-bond donors (Lipinski definition) is 1. The Hall–Kier alpha value is -0.380. The molecule has 1 heterocycles. The Kier molecular flexibility index (Phi) is 4.45. The summed E-state index contributed by atoms with van der Waals surface area (Å²) in [5.41, 5.74) is 7.87. The number of nitrogens with two attached hydrogens (primary N) is 1. The molecular weight excluding hydrogens is 326 g/mol. The minimum atomic E-state index is -0.280. The first-order valence-corrected chi connectivity index (χ1v) is 9.00.